The van der Waals surface area contributed by atoms with E-state index in [0.717, 1.165) is 89.9 Å². The lowest BCUT2D eigenvalue weighted by molar-refractivity contribution is -0.167. The normalized spacial score (nSPS) is 12.5. The van der Waals surface area contributed by atoms with Crippen LogP contribution >= 0.6 is 0 Å². The zero-order valence-corrected chi connectivity index (χ0v) is 41.6. The third-order valence-electron chi connectivity index (χ3n) is 11.5. The van der Waals surface area contributed by atoms with Crippen LogP contribution in [-0.2, 0) is 28.6 Å². The van der Waals surface area contributed by atoms with Crippen molar-refractivity contribution in [1.82, 2.24) is 0 Å². The van der Waals surface area contributed by atoms with Crippen molar-refractivity contribution in [3.63, 3.8) is 0 Å². The molecule has 0 aliphatic carbocycles. The van der Waals surface area contributed by atoms with Crippen LogP contribution in [0.5, 0.6) is 0 Å². The van der Waals surface area contributed by atoms with E-state index < -0.39 is 6.10 Å². The molecule has 1 unspecified atom stereocenters. The summed E-state index contributed by atoms with van der Waals surface area (Å²) in [6, 6.07) is 0. The van der Waals surface area contributed by atoms with E-state index in [1.165, 1.54) is 135 Å². The summed E-state index contributed by atoms with van der Waals surface area (Å²) in [5, 5.41) is 0. The van der Waals surface area contributed by atoms with Crippen LogP contribution in [0.25, 0.3) is 0 Å². The van der Waals surface area contributed by atoms with Crippen LogP contribution in [0.4, 0.5) is 0 Å². The Morgan fingerprint density at radius 1 is 0.349 bits per heavy atom. The van der Waals surface area contributed by atoms with Crippen LogP contribution in [0.1, 0.15) is 265 Å². The molecule has 1 atom stereocenters. The lowest BCUT2D eigenvalue weighted by Crippen LogP contribution is -2.30. The van der Waals surface area contributed by atoms with Crippen molar-refractivity contribution in [3.8, 4) is 0 Å². The molecule has 0 aromatic heterocycles. The van der Waals surface area contributed by atoms with Gasteiger partial charge in [0.2, 0.25) is 0 Å². The molecule has 0 saturated carbocycles. The predicted molar refractivity (Wildman–Crippen MR) is 270 cm³/mol. The highest BCUT2D eigenvalue weighted by atomic mass is 16.6. The third-order valence-corrected chi connectivity index (χ3v) is 11.5. The number of esters is 3. The van der Waals surface area contributed by atoms with Crippen LogP contribution in [0, 0.1) is 0 Å². The Kier molecular flexibility index (Phi) is 49.4. The Hall–Kier alpha value is -2.89. The van der Waals surface area contributed by atoms with Gasteiger partial charge < -0.3 is 14.2 Å². The van der Waals surface area contributed by atoms with Crippen LogP contribution in [0.2, 0.25) is 0 Å². The quantitative estimate of drug-likeness (QED) is 0.0199. The number of rotatable bonds is 48. The summed E-state index contributed by atoms with van der Waals surface area (Å²) in [6.45, 7) is 6.48. The number of carbonyl (C=O) groups is 3. The van der Waals surface area contributed by atoms with Crippen molar-refractivity contribution in [1.29, 1.82) is 0 Å². The first-order valence-electron chi connectivity index (χ1n) is 26.8. The molecule has 6 nitrogen and oxygen atoms in total. The molecule has 0 bridgehead atoms. The second-order valence-corrected chi connectivity index (χ2v) is 17.8. The highest BCUT2D eigenvalue weighted by molar-refractivity contribution is 5.71. The Labute approximate surface area is 390 Å². The largest absolute Gasteiger partial charge is 0.462 e. The molecule has 0 radical (unpaired) electrons. The first-order chi connectivity index (χ1) is 31.0. The highest BCUT2D eigenvalue weighted by Crippen LogP contribution is 2.15. The van der Waals surface area contributed by atoms with E-state index in [0.29, 0.717) is 19.3 Å². The van der Waals surface area contributed by atoms with Crippen LogP contribution in [0.15, 0.2) is 60.8 Å². The SMILES string of the molecule is CC/C=C\C/C=C\C/C=C\CCCCC(=O)OCC(COC(=O)CCCCCCCCCCCCCCCCCCC)OC(=O)CCCCC/C=C\C=C/CCCCCCCCC. The van der Waals surface area contributed by atoms with Gasteiger partial charge in [0.1, 0.15) is 13.2 Å². The maximum atomic E-state index is 12.8. The molecule has 0 heterocycles. The molecule has 0 amide bonds. The summed E-state index contributed by atoms with van der Waals surface area (Å²) >= 11 is 0. The lowest BCUT2D eigenvalue weighted by atomic mass is 10.0. The van der Waals surface area contributed by atoms with E-state index in [1.807, 2.05) is 0 Å². The summed E-state index contributed by atoms with van der Waals surface area (Å²) in [5.41, 5.74) is 0. The topological polar surface area (TPSA) is 78.9 Å². The maximum absolute atomic E-state index is 12.8. The van der Waals surface area contributed by atoms with E-state index in [9.17, 15) is 14.4 Å². The van der Waals surface area contributed by atoms with Gasteiger partial charge in [0.05, 0.1) is 0 Å². The van der Waals surface area contributed by atoms with E-state index in [2.05, 4.69) is 81.5 Å². The smallest absolute Gasteiger partial charge is 0.306 e. The molecular weight excluding hydrogens is 781 g/mol. The van der Waals surface area contributed by atoms with Gasteiger partial charge in [-0.3, -0.25) is 14.4 Å². The molecular formula is C57H100O6. The minimum atomic E-state index is -0.801. The molecule has 0 saturated heterocycles. The van der Waals surface area contributed by atoms with Crippen molar-refractivity contribution in [2.75, 3.05) is 13.2 Å². The zero-order chi connectivity index (χ0) is 45.8. The molecule has 0 fully saturated rings. The number of hydrogen-bond acceptors (Lipinski definition) is 6. The molecule has 0 aromatic carbocycles. The molecule has 0 aliphatic rings. The van der Waals surface area contributed by atoms with Crippen molar-refractivity contribution in [3.05, 3.63) is 60.8 Å². The van der Waals surface area contributed by atoms with Crippen LogP contribution in [-0.4, -0.2) is 37.2 Å². The van der Waals surface area contributed by atoms with Crippen molar-refractivity contribution >= 4 is 17.9 Å². The molecule has 0 aliphatic heterocycles. The average molecular weight is 881 g/mol. The standard InChI is InChI=1S/C57H100O6/c1-4-7-10-13-16-19-22-25-27-29-31-32-35-38-41-44-47-50-56(59)62-53-54(52-61-55(58)49-46-43-40-37-34-24-21-18-15-12-9-6-3)63-57(60)51-48-45-42-39-36-33-30-28-26-23-20-17-14-11-8-5-2/h9,12,18,21,28,30,33-34,36-37,54H,4-8,10-11,13-17,19-20,22-27,29,31-32,35,38-53H2,1-3H3/b12-9-,21-18-,30-28-,36-33-,37-34-. The molecule has 0 spiro atoms. The summed E-state index contributed by atoms with van der Waals surface area (Å²) in [6.07, 6.45) is 63.6. The van der Waals surface area contributed by atoms with E-state index in [4.69, 9.17) is 14.2 Å². The molecule has 63 heavy (non-hydrogen) atoms. The van der Waals surface area contributed by atoms with Gasteiger partial charge in [-0.15, -0.1) is 0 Å². The Balaban J connectivity index is 4.42. The van der Waals surface area contributed by atoms with Gasteiger partial charge in [0, 0.05) is 19.3 Å². The molecule has 0 rings (SSSR count). The lowest BCUT2D eigenvalue weighted by Gasteiger charge is -2.18. The second-order valence-electron chi connectivity index (χ2n) is 17.8. The maximum Gasteiger partial charge on any atom is 0.306 e. The minimum absolute atomic E-state index is 0.0950. The summed E-state index contributed by atoms with van der Waals surface area (Å²) in [7, 11) is 0. The first kappa shape index (κ1) is 60.1. The zero-order valence-electron chi connectivity index (χ0n) is 41.6. The van der Waals surface area contributed by atoms with Gasteiger partial charge in [-0.1, -0.05) is 229 Å². The molecule has 0 N–H and O–H groups in total. The van der Waals surface area contributed by atoms with E-state index >= 15 is 0 Å². The first-order valence-corrected chi connectivity index (χ1v) is 26.8. The number of unbranched alkanes of at least 4 members (excludes halogenated alkanes) is 28. The fourth-order valence-corrected chi connectivity index (χ4v) is 7.51. The highest BCUT2D eigenvalue weighted by Gasteiger charge is 2.19. The Morgan fingerprint density at radius 2 is 0.667 bits per heavy atom. The predicted octanol–water partition coefficient (Wildman–Crippen LogP) is 17.6. The summed E-state index contributed by atoms with van der Waals surface area (Å²) in [5.74, 6) is -0.956. The van der Waals surface area contributed by atoms with Gasteiger partial charge in [-0.2, -0.15) is 0 Å². The third kappa shape index (κ3) is 50.0. The Morgan fingerprint density at radius 3 is 1.11 bits per heavy atom. The number of ether oxygens (including phenoxy) is 3. The van der Waals surface area contributed by atoms with Gasteiger partial charge in [0.15, 0.2) is 6.10 Å². The number of hydrogen-bond donors (Lipinski definition) is 0. The molecule has 6 heteroatoms. The van der Waals surface area contributed by atoms with Crippen LogP contribution in [0.3, 0.4) is 0 Å². The fourth-order valence-electron chi connectivity index (χ4n) is 7.51. The van der Waals surface area contributed by atoms with E-state index in [-0.39, 0.29) is 31.1 Å². The van der Waals surface area contributed by atoms with Gasteiger partial charge >= 0.3 is 17.9 Å². The van der Waals surface area contributed by atoms with Crippen molar-refractivity contribution < 1.29 is 28.6 Å². The summed E-state index contributed by atoms with van der Waals surface area (Å²) in [4.78, 5) is 38.0. The van der Waals surface area contributed by atoms with E-state index in [1.54, 1.807) is 0 Å². The molecule has 0 aromatic rings. The monoisotopic (exact) mass is 881 g/mol. The van der Waals surface area contributed by atoms with Crippen molar-refractivity contribution in [2.45, 2.75) is 271 Å². The average Bonchev–Trinajstić information content (AvgIpc) is 3.28. The number of carbonyl (C=O) groups excluding carboxylic acids is 3. The minimum Gasteiger partial charge on any atom is -0.462 e. The van der Waals surface area contributed by atoms with Gasteiger partial charge in [-0.25, -0.2) is 0 Å². The summed E-state index contributed by atoms with van der Waals surface area (Å²) < 4.78 is 16.8. The van der Waals surface area contributed by atoms with Gasteiger partial charge in [0.25, 0.3) is 0 Å². The fraction of sp³-hybridized carbons (Fsp3) is 0.772. The van der Waals surface area contributed by atoms with Crippen LogP contribution < -0.4 is 0 Å². The van der Waals surface area contributed by atoms with Gasteiger partial charge in [-0.05, 0) is 77.0 Å². The van der Waals surface area contributed by atoms with Crippen molar-refractivity contribution in [2.24, 2.45) is 0 Å². The molecule has 364 valence electrons. The second kappa shape index (κ2) is 51.7. The number of allylic oxidation sites excluding steroid dienone is 10. The Bertz CT molecular complexity index is 1150.